The molecule has 7 heteroatoms. The smallest absolute Gasteiger partial charge is 0.228 e. The molecule has 0 saturated carbocycles. The molecule has 3 rings (SSSR count). The van der Waals surface area contributed by atoms with E-state index in [1.54, 1.807) is 0 Å². The van der Waals surface area contributed by atoms with Gasteiger partial charge in [-0.1, -0.05) is 18.2 Å². The molecule has 1 aromatic heterocycles. The zero-order valence-corrected chi connectivity index (χ0v) is 17.8. The van der Waals surface area contributed by atoms with Crippen LogP contribution in [0.2, 0.25) is 0 Å². The predicted molar refractivity (Wildman–Crippen MR) is 115 cm³/mol. The number of fused-ring (bicyclic) bond motifs is 1. The highest BCUT2D eigenvalue weighted by molar-refractivity contribution is 5.94. The Kier molecular flexibility index (Phi) is 7.23. The van der Waals surface area contributed by atoms with Gasteiger partial charge in [-0.2, -0.15) is 10.4 Å². The minimum absolute atomic E-state index is 0.0490. The second-order valence-corrected chi connectivity index (χ2v) is 7.66. The Morgan fingerprint density at radius 1 is 1.23 bits per heavy atom. The molecule has 0 atom stereocenters. The summed E-state index contributed by atoms with van der Waals surface area (Å²) in [5.41, 5.74) is 5.18. The third-order valence-corrected chi connectivity index (χ3v) is 5.64. The number of hydrogen-bond acceptors (Lipinski definition) is 4. The van der Waals surface area contributed by atoms with Crippen molar-refractivity contribution in [3.8, 4) is 6.07 Å². The summed E-state index contributed by atoms with van der Waals surface area (Å²) < 4.78 is 1.83. The molecular weight excluding hydrogens is 378 g/mol. The lowest BCUT2D eigenvalue weighted by molar-refractivity contribution is -0.121. The summed E-state index contributed by atoms with van der Waals surface area (Å²) in [6.45, 7) is 5.54. The summed E-state index contributed by atoms with van der Waals surface area (Å²) >= 11 is 0. The number of hydrogen-bond donors (Lipinski definition) is 1. The molecule has 0 saturated heterocycles. The number of para-hydroxylation sites is 1. The molecule has 1 aromatic carbocycles. The van der Waals surface area contributed by atoms with E-state index in [0.717, 1.165) is 42.0 Å². The van der Waals surface area contributed by atoms with E-state index in [0.29, 0.717) is 38.8 Å². The Hall–Kier alpha value is -3.14. The first-order chi connectivity index (χ1) is 14.5. The molecule has 1 N–H and O–H groups in total. The highest BCUT2D eigenvalue weighted by atomic mass is 16.2. The summed E-state index contributed by atoms with van der Waals surface area (Å²) in [4.78, 5) is 26.7. The van der Waals surface area contributed by atoms with Crippen LogP contribution in [0.4, 0.5) is 5.69 Å². The first-order valence-electron chi connectivity index (χ1n) is 10.6. The van der Waals surface area contributed by atoms with Crippen molar-refractivity contribution in [3.05, 3.63) is 46.8 Å². The number of carbonyl (C=O) groups is 2. The average Bonchev–Trinajstić information content (AvgIpc) is 3.02. The van der Waals surface area contributed by atoms with E-state index in [4.69, 9.17) is 5.26 Å². The van der Waals surface area contributed by atoms with E-state index in [1.165, 1.54) is 5.56 Å². The van der Waals surface area contributed by atoms with Crippen LogP contribution < -0.4 is 10.2 Å². The van der Waals surface area contributed by atoms with Gasteiger partial charge in [0, 0.05) is 37.3 Å². The summed E-state index contributed by atoms with van der Waals surface area (Å²) in [5.74, 6) is -0.0154. The third kappa shape index (κ3) is 5.07. The van der Waals surface area contributed by atoms with E-state index < -0.39 is 0 Å². The molecule has 1 aliphatic heterocycles. The minimum atomic E-state index is -0.0644. The van der Waals surface area contributed by atoms with Crippen LogP contribution in [0.1, 0.15) is 48.2 Å². The molecule has 158 valence electrons. The van der Waals surface area contributed by atoms with Gasteiger partial charge in [0.2, 0.25) is 11.8 Å². The van der Waals surface area contributed by atoms with Gasteiger partial charge in [0.15, 0.2) is 0 Å². The van der Waals surface area contributed by atoms with Crippen LogP contribution in [-0.4, -0.2) is 34.7 Å². The number of aryl methyl sites for hydroxylation is 3. The lowest BCUT2D eigenvalue weighted by atomic mass is 10.0. The minimum Gasteiger partial charge on any atom is -0.356 e. The van der Waals surface area contributed by atoms with Crippen molar-refractivity contribution in [2.24, 2.45) is 0 Å². The van der Waals surface area contributed by atoms with E-state index >= 15 is 0 Å². The highest BCUT2D eigenvalue weighted by Crippen LogP contribution is 2.27. The Morgan fingerprint density at radius 3 is 2.83 bits per heavy atom. The standard InChI is InChI=1S/C23H29N5O2/c1-17-20(18(2)28(26-17)16-6-13-24)10-11-22(29)25-14-12-23(30)27-15-5-8-19-7-3-4-9-21(19)27/h3-4,7,9H,5-6,8,10-12,14-16H2,1-2H3,(H,25,29). The van der Waals surface area contributed by atoms with Gasteiger partial charge in [0.05, 0.1) is 24.7 Å². The SMILES string of the molecule is Cc1nn(CCC#N)c(C)c1CCC(=O)NCCC(=O)N1CCCc2ccccc21. The third-order valence-electron chi connectivity index (χ3n) is 5.64. The molecule has 0 aliphatic carbocycles. The van der Waals surface area contributed by atoms with Crippen molar-refractivity contribution in [2.45, 2.75) is 58.9 Å². The predicted octanol–water partition coefficient (Wildman–Crippen LogP) is 2.83. The first kappa shape index (κ1) is 21.6. The Balaban J connectivity index is 1.45. The highest BCUT2D eigenvalue weighted by Gasteiger charge is 2.21. The number of nitriles is 1. The van der Waals surface area contributed by atoms with Gasteiger partial charge in [-0.05, 0) is 50.3 Å². The van der Waals surface area contributed by atoms with Crippen molar-refractivity contribution in [1.82, 2.24) is 15.1 Å². The first-order valence-corrected chi connectivity index (χ1v) is 10.6. The van der Waals surface area contributed by atoms with E-state index in [2.05, 4.69) is 22.6 Å². The largest absolute Gasteiger partial charge is 0.356 e. The monoisotopic (exact) mass is 407 g/mol. The molecule has 0 radical (unpaired) electrons. The fourth-order valence-electron chi connectivity index (χ4n) is 4.03. The molecule has 0 bridgehead atoms. The zero-order valence-electron chi connectivity index (χ0n) is 17.8. The van der Waals surface area contributed by atoms with Crippen molar-refractivity contribution in [1.29, 1.82) is 5.26 Å². The number of benzene rings is 1. The number of amides is 2. The number of aromatic nitrogens is 2. The molecule has 2 aromatic rings. The van der Waals surface area contributed by atoms with Crippen LogP contribution in [0.25, 0.3) is 0 Å². The molecule has 1 aliphatic rings. The van der Waals surface area contributed by atoms with Gasteiger partial charge in [-0.15, -0.1) is 0 Å². The van der Waals surface area contributed by atoms with E-state index in [-0.39, 0.29) is 11.8 Å². The second-order valence-electron chi connectivity index (χ2n) is 7.66. The second kappa shape index (κ2) is 10.1. The molecule has 2 amide bonds. The lowest BCUT2D eigenvalue weighted by Crippen LogP contribution is -2.37. The van der Waals surface area contributed by atoms with Crippen molar-refractivity contribution < 1.29 is 9.59 Å². The summed E-state index contributed by atoms with van der Waals surface area (Å²) in [5, 5.41) is 16.1. The zero-order chi connectivity index (χ0) is 21.5. The quantitative estimate of drug-likeness (QED) is 0.728. The van der Waals surface area contributed by atoms with E-state index in [9.17, 15) is 9.59 Å². The summed E-state index contributed by atoms with van der Waals surface area (Å²) in [6, 6.07) is 10.2. The Bertz CT molecular complexity index is 957. The fourth-order valence-corrected chi connectivity index (χ4v) is 4.03. The van der Waals surface area contributed by atoms with Crippen LogP contribution in [0, 0.1) is 25.2 Å². The number of rotatable bonds is 8. The molecular formula is C23H29N5O2. The Labute approximate surface area is 177 Å². The molecule has 30 heavy (non-hydrogen) atoms. The molecule has 0 fully saturated rings. The van der Waals surface area contributed by atoms with Crippen LogP contribution in [0.3, 0.4) is 0 Å². The van der Waals surface area contributed by atoms with Gasteiger partial charge >= 0.3 is 0 Å². The maximum atomic E-state index is 12.6. The molecule has 7 nitrogen and oxygen atoms in total. The number of nitrogens with zero attached hydrogens (tertiary/aromatic N) is 4. The van der Waals surface area contributed by atoms with Gasteiger partial charge in [0.25, 0.3) is 0 Å². The van der Waals surface area contributed by atoms with Crippen LogP contribution >= 0.6 is 0 Å². The number of anilines is 1. The van der Waals surface area contributed by atoms with Gasteiger partial charge in [0.1, 0.15) is 0 Å². The lowest BCUT2D eigenvalue weighted by Gasteiger charge is -2.29. The number of carbonyl (C=O) groups excluding carboxylic acids is 2. The summed E-state index contributed by atoms with van der Waals surface area (Å²) in [6.07, 6.45) is 3.63. The van der Waals surface area contributed by atoms with Crippen LogP contribution in [0.5, 0.6) is 0 Å². The molecule has 0 spiro atoms. The molecule has 0 unspecified atom stereocenters. The van der Waals surface area contributed by atoms with Gasteiger partial charge in [-0.3, -0.25) is 14.3 Å². The van der Waals surface area contributed by atoms with Crippen LogP contribution in [-0.2, 0) is 29.0 Å². The number of nitrogens with one attached hydrogen (secondary N) is 1. The maximum Gasteiger partial charge on any atom is 0.228 e. The van der Waals surface area contributed by atoms with E-state index in [1.807, 2.05) is 41.6 Å². The van der Waals surface area contributed by atoms with Crippen molar-refractivity contribution >= 4 is 17.5 Å². The Morgan fingerprint density at radius 2 is 2.03 bits per heavy atom. The van der Waals surface area contributed by atoms with Crippen molar-refractivity contribution in [2.75, 3.05) is 18.0 Å². The molecule has 2 heterocycles. The van der Waals surface area contributed by atoms with Crippen molar-refractivity contribution in [3.63, 3.8) is 0 Å². The van der Waals surface area contributed by atoms with Gasteiger partial charge in [-0.25, -0.2) is 0 Å². The average molecular weight is 408 g/mol. The normalized spacial score (nSPS) is 12.9. The van der Waals surface area contributed by atoms with Crippen LogP contribution in [0.15, 0.2) is 24.3 Å². The summed E-state index contributed by atoms with van der Waals surface area (Å²) in [7, 11) is 0. The topological polar surface area (TPSA) is 91.0 Å². The fraction of sp³-hybridized carbons (Fsp3) is 0.478. The maximum absolute atomic E-state index is 12.6. The van der Waals surface area contributed by atoms with Gasteiger partial charge < -0.3 is 10.2 Å².